The number of methoxy groups -OCH3 is 1. The van der Waals surface area contributed by atoms with E-state index in [4.69, 9.17) is 4.74 Å². The minimum Gasteiger partial charge on any atom is -0.496 e. The zero-order chi connectivity index (χ0) is 14.5. The largest absolute Gasteiger partial charge is 0.496 e. The van der Waals surface area contributed by atoms with Crippen LogP contribution in [0.5, 0.6) is 5.75 Å². The van der Waals surface area contributed by atoms with Gasteiger partial charge in [0.1, 0.15) is 5.75 Å². The van der Waals surface area contributed by atoms with Gasteiger partial charge in [-0.3, -0.25) is 10.1 Å². The van der Waals surface area contributed by atoms with Crippen LogP contribution >= 0.6 is 0 Å². The summed E-state index contributed by atoms with van der Waals surface area (Å²) < 4.78 is 5.09. The molecule has 20 heavy (non-hydrogen) atoms. The number of aliphatic hydroxyl groups is 1. The minimum absolute atomic E-state index is 0.00297. The minimum atomic E-state index is -0.432. The number of aliphatic hydroxyl groups excluding tert-OH is 1. The van der Waals surface area contributed by atoms with Gasteiger partial charge in [0.15, 0.2) is 0 Å². The van der Waals surface area contributed by atoms with Crippen LogP contribution in [0.1, 0.15) is 25.7 Å². The first-order valence-electron chi connectivity index (χ1n) is 6.85. The van der Waals surface area contributed by atoms with Crippen molar-refractivity contribution in [3.8, 4) is 5.75 Å². The summed E-state index contributed by atoms with van der Waals surface area (Å²) in [5, 5.41) is 23.6. The van der Waals surface area contributed by atoms with Crippen LogP contribution in [0.3, 0.4) is 0 Å². The van der Waals surface area contributed by atoms with Gasteiger partial charge in [0, 0.05) is 36.4 Å². The number of benzene rings is 1. The summed E-state index contributed by atoms with van der Waals surface area (Å²) in [7, 11) is 1.49. The van der Waals surface area contributed by atoms with Gasteiger partial charge in [-0.2, -0.15) is 0 Å². The molecule has 110 valence electrons. The monoisotopic (exact) mass is 280 g/mol. The van der Waals surface area contributed by atoms with E-state index < -0.39 is 4.92 Å². The third-order valence-electron chi connectivity index (χ3n) is 3.83. The molecular weight excluding hydrogens is 260 g/mol. The van der Waals surface area contributed by atoms with Gasteiger partial charge in [-0.05, 0) is 12.8 Å². The second kappa shape index (κ2) is 6.56. The Morgan fingerprint density at radius 2 is 2.15 bits per heavy atom. The van der Waals surface area contributed by atoms with E-state index in [1.54, 1.807) is 6.07 Å². The van der Waals surface area contributed by atoms with Crippen molar-refractivity contribution in [2.75, 3.05) is 19.0 Å². The molecule has 6 nitrogen and oxygen atoms in total. The fourth-order valence-electron chi connectivity index (χ4n) is 2.72. The molecule has 2 rings (SSSR count). The summed E-state index contributed by atoms with van der Waals surface area (Å²) in [4.78, 5) is 10.5. The number of anilines is 1. The number of hydrogen-bond donors (Lipinski definition) is 2. The Morgan fingerprint density at radius 1 is 1.40 bits per heavy atom. The van der Waals surface area contributed by atoms with Crippen LogP contribution in [-0.4, -0.2) is 29.8 Å². The summed E-state index contributed by atoms with van der Waals surface area (Å²) in [5.41, 5.74) is 0.671. The Labute approximate surface area is 117 Å². The average Bonchev–Trinajstić information content (AvgIpc) is 2.47. The number of non-ortho nitro benzene ring substituents is 1. The maximum atomic E-state index is 10.9. The van der Waals surface area contributed by atoms with Crippen molar-refractivity contribution in [1.82, 2.24) is 0 Å². The molecule has 1 aliphatic rings. The third-order valence-corrected chi connectivity index (χ3v) is 3.83. The molecule has 1 saturated carbocycles. The SMILES string of the molecule is COc1cc(NC2CCCCC2CO)cc([N+](=O)[O-])c1. The van der Waals surface area contributed by atoms with E-state index in [2.05, 4.69) is 5.32 Å². The molecule has 0 aliphatic heterocycles. The zero-order valence-corrected chi connectivity index (χ0v) is 11.5. The van der Waals surface area contributed by atoms with Gasteiger partial charge in [0.05, 0.1) is 18.1 Å². The molecule has 2 unspecified atom stereocenters. The molecule has 0 spiro atoms. The van der Waals surface area contributed by atoms with Gasteiger partial charge in [0.2, 0.25) is 0 Å². The van der Waals surface area contributed by atoms with E-state index in [0.717, 1.165) is 25.7 Å². The topological polar surface area (TPSA) is 84.6 Å². The lowest BCUT2D eigenvalue weighted by Gasteiger charge is -2.31. The zero-order valence-electron chi connectivity index (χ0n) is 11.5. The molecule has 1 fully saturated rings. The van der Waals surface area contributed by atoms with E-state index in [1.807, 2.05) is 0 Å². The highest BCUT2D eigenvalue weighted by molar-refractivity contribution is 5.56. The lowest BCUT2D eigenvalue weighted by Crippen LogP contribution is -2.34. The Bertz CT molecular complexity index is 478. The summed E-state index contributed by atoms with van der Waals surface area (Å²) in [6, 6.07) is 4.80. The van der Waals surface area contributed by atoms with Crippen LogP contribution in [0.2, 0.25) is 0 Å². The molecule has 1 aromatic carbocycles. The molecule has 1 aromatic rings. The molecule has 0 aromatic heterocycles. The fraction of sp³-hybridized carbons (Fsp3) is 0.571. The molecule has 0 saturated heterocycles. The van der Waals surface area contributed by atoms with Crippen LogP contribution in [0.25, 0.3) is 0 Å². The van der Waals surface area contributed by atoms with E-state index >= 15 is 0 Å². The molecule has 0 bridgehead atoms. The summed E-state index contributed by atoms with van der Waals surface area (Å²) in [5.74, 6) is 0.659. The van der Waals surface area contributed by atoms with Crippen molar-refractivity contribution in [1.29, 1.82) is 0 Å². The highest BCUT2D eigenvalue weighted by Gasteiger charge is 2.25. The lowest BCUT2D eigenvalue weighted by atomic mass is 9.85. The van der Waals surface area contributed by atoms with E-state index in [-0.39, 0.29) is 24.3 Å². The normalized spacial score (nSPS) is 22.3. The number of hydrogen-bond acceptors (Lipinski definition) is 5. The number of nitro benzene ring substituents is 1. The van der Waals surface area contributed by atoms with Crippen molar-refractivity contribution in [2.45, 2.75) is 31.7 Å². The maximum Gasteiger partial charge on any atom is 0.275 e. The number of nitrogens with zero attached hydrogens (tertiary/aromatic N) is 1. The Morgan fingerprint density at radius 3 is 2.80 bits per heavy atom. The maximum absolute atomic E-state index is 10.9. The van der Waals surface area contributed by atoms with Gasteiger partial charge in [-0.15, -0.1) is 0 Å². The quantitative estimate of drug-likeness (QED) is 0.639. The highest BCUT2D eigenvalue weighted by atomic mass is 16.6. The average molecular weight is 280 g/mol. The number of ether oxygens (including phenoxy) is 1. The van der Waals surface area contributed by atoms with Crippen molar-refractivity contribution in [2.24, 2.45) is 5.92 Å². The highest BCUT2D eigenvalue weighted by Crippen LogP contribution is 2.30. The van der Waals surface area contributed by atoms with Crippen molar-refractivity contribution in [3.63, 3.8) is 0 Å². The first-order chi connectivity index (χ1) is 9.63. The standard InChI is InChI=1S/C14H20N2O4/c1-20-13-7-11(6-12(8-13)16(18)19)15-14-5-3-2-4-10(14)9-17/h6-8,10,14-15,17H,2-5,9H2,1H3. The van der Waals surface area contributed by atoms with Gasteiger partial charge in [0.25, 0.3) is 5.69 Å². The molecule has 2 N–H and O–H groups in total. The van der Waals surface area contributed by atoms with Crippen LogP contribution in [0.4, 0.5) is 11.4 Å². The second-order valence-electron chi connectivity index (χ2n) is 5.15. The number of nitrogens with one attached hydrogen (secondary N) is 1. The number of rotatable bonds is 5. The molecule has 2 atom stereocenters. The van der Waals surface area contributed by atoms with Crippen molar-refractivity contribution in [3.05, 3.63) is 28.3 Å². The van der Waals surface area contributed by atoms with E-state index in [0.29, 0.717) is 11.4 Å². The van der Waals surface area contributed by atoms with Gasteiger partial charge < -0.3 is 15.2 Å². The molecule has 6 heteroatoms. The van der Waals surface area contributed by atoms with E-state index in [1.165, 1.54) is 19.2 Å². The summed E-state index contributed by atoms with van der Waals surface area (Å²) in [6.07, 6.45) is 4.19. The van der Waals surface area contributed by atoms with Crippen molar-refractivity contribution >= 4 is 11.4 Å². The lowest BCUT2D eigenvalue weighted by molar-refractivity contribution is -0.384. The molecule has 0 radical (unpaired) electrons. The van der Waals surface area contributed by atoms with Crippen LogP contribution in [0.15, 0.2) is 18.2 Å². The first-order valence-corrected chi connectivity index (χ1v) is 6.85. The van der Waals surface area contributed by atoms with Crippen LogP contribution in [0, 0.1) is 16.0 Å². The predicted octanol–water partition coefficient (Wildman–Crippen LogP) is 2.57. The van der Waals surface area contributed by atoms with Crippen molar-refractivity contribution < 1.29 is 14.8 Å². The summed E-state index contributed by atoms with van der Waals surface area (Å²) in [6.45, 7) is 0.143. The van der Waals surface area contributed by atoms with E-state index in [9.17, 15) is 15.2 Å². The summed E-state index contributed by atoms with van der Waals surface area (Å²) >= 11 is 0. The smallest absolute Gasteiger partial charge is 0.275 e. The van der Waals surface area contributed by atoms with Gasteiger partial charge in [-0.1, -0.05) is 12.8 Å². The number of nitro groups is 1. The third kappa shape index (κ3) is 3.39. The predicted molar refractivity (Wildman–Crippen MR) is 76.1 cm³/mol. The van der Waals surface area contributed by atoms with Gasteiger partial charge >= 0.3 is 0 Å². The first kappa shape index (κ1) is 14.6. The molecular formula is C14H20N2O4. The van der Waals surface area contributed by atoms with Crippen LogP contribution in [-0.2, 0) is 0 Å². The van der Waals surface area contributed by atoms with Gasteiger partial charge in [-0.25, -0.2) is 0 Å². The second-order valence-corrected chi connectivity index (χ2v) is 5.15. The molecule has 0 heterocycles. The Kier molecular flexibility index (Phi) is 4.79. The Balaban J connectivity index is 2.18. The molecule has 0 amide bonds. The van der Waals surface area contributed by atoms with Crippen LogP contribution < -0.4 is 10.1 Å². The fourth-order valence-corrected chi connectivity index (χ4v) is 2.72. The molecule has 1 aliphatic carbocycles. The Hall–Kier alpha value is -1.82.